The van der Waals surface area contributed by atoms with E-state index in [-0.39, 0.29) is 5.95 Å². The molecule has 1 unspecified atom stereocenters. The molecule has 98 valence electrons. The second kappa shape index (κ2) is 4.58. The van der Waals surface area contributed by atoms with Crippen molar-refractivity contribution in [1.82, 2.24) is 14.9 Å². The minimum Gasteiger partial charge on any atom is -0.368 e. The number of hydrazine groups is 1. The van der Waals surface area contributed by atoms with Crippen molar-refractivity contribution in [1.29, 1.82) is 0 Å². The zero-order chi connectivity index (χ0) is 12.5. The summed E-state index contributed by atoms with van der Waals surface area (Å²) in [6.07, 6.45) is 2.53. The fourth-order valence-corrected chi connectivity index (χ4v) is 2.93. The van der Waals surface area contributed by atoms with Crippen molar-refractivity contribution >= 4 is 17.6 Å². The molecule has 3 aliphatic rings. The normalized spacial score (nSPS) is 30.2. The monoisotopic (exact) mass is 249 g/mol. The van der Waals surface area contributed by atoms with Gasteiger partial charge in [-0.1, -0.05) is 0 Å². The van der Waals surface area contributed by atoms with Gasteiger partial charge in [0.05, 0.1) is 0 Å². The van der Waals surface area contributed by atoms with Crippen molar-refractivity contribution in [2.24, 2.45) is 11.8 Å². The van der Waals surface area contributed by atoms with Crippen LogP contribution < -0.4 is 22.3 Å². The molecule has 1 aromatic heterocycles. The molecule has 1 aromatic rings. The fourth-order valence-electron chi connectivity index (χ4n) is 2.93. The van der Waals surface area contributed by atoms with Crippen molar-refractivity contribution in [3.63, 3.8) is 0 Å². The lowest BCUT2D eigenvalue weighted by Crippen LogP contribution is -2.53. The molecule has 4 heterocycles. The Labute approximate surface area is 106 Å². The van der Waals surface area contributed by atoms with E-state index in [0.29, 0.717) is 11.9 Å². The van der Waals surface area contributed by atoms with Gasteiger partial charge in [0.15, 0.2) is 0 Å². The summed E-state index contributed by atoms with van der Waals surface area (Å²) in [6, 6.07) is 2.24. The molecule has 0 aromatic carbocycles. The number of aromatic nitrogens is 2. The van der Waals surface area contributed by atoms with Gasteiger partial charge in [-0.05, 0) is 31.8 Å². The Hall–Kier alpha value is -1.60. The number of nitrogen functional groups attached to an aromatic ring is 2. The van der Waals surface area contributed by atoms with Crippen molar-refractivity contribution < 1.29 is 0 Å². The first-order valence-corrected chi connectivity index (χ1v) is 6.34. The van der Waals surface area contributed by atoms with Gasteiger partial charge in [-0.25, -0.2) is 5.84 Å². The zero-order valence-corrected chi connectivity index (χ0v) is 10.3. The Balaban J connectivity index is 1.74. The highest BCUT2D eigenvalue weighted by atomic mass is 15.3. The predicted octanol–water partition coefficient (Wildman–Crippen LogP) is -0.150. The average molecular weight is 249 g/mol. The molecule has 3 saturated heterocycles. The van der Waals surface area contributed by atoms with Crippen LogP contribution in [0.5, 0.6) is 0 Å². The number of fused-ring (bicyclic) bond motifs is 3. The quantitative estimate of drug-likeness (QED) is 0.436. The standard InChI is InChI=1S/C11H19N7/c12-11-15-9(5-10(16-11)17-13)14-8-6-18-3-1-7(8)2-4-18/h5,7-8H,1-4,6,13H2,(H4,12,14,15,16,17). The summed E-state index contributed by atoms with van der Waals surface area (Å²) in [5, 5.41) is 3.46. The molecule has 0 saturated carbocycles. The van der Waals surface area contributed by atoms with Crippen LogP contribution in [0, 0.1) is 5.92 Å². The Bertz CT molecular complexity index is 427. The van der Waals surface area contributed by atoms with E-state index < -0.39 is 0 Å². The van der Waals surface area contributed by atoms with Crippen LogP contribution in [0.2, 0.25) is 0 Å². The largest absolute Gasteiger partial charge is 0.368 e. The third-order valence-corrected chi connectivity index (χ3v) is 3.88. The summed E-state index contributed by atoms with van der Waals surface area (Å²) >= 11 is 0. The van der Waals surface area contributed by atoms with Gasteiger partial charge in [0.2, 0.25) is 5.95 Å². The zero-order valence-electron chi connectivity index (χ0n) is 10.3. The van der Waals surface area contributed by atoms with Gasteiger partial charge in [0.25, 0.3) is 0 Å². The molecule has 0 aliphatic carbocycles. The van der Waals surface area contributed by atoms with E-state index >= 15 is 0 Å². The molecule has 7 nitrogen and oxygen atoms in total. The van der Waals surface area contributed by atoms with Crippen molar-refractivity contribution in [2.45, 2.75) is 18.9 Å². The molecule has 0 spiro atoms. The van der Waals surface area contributed by atoms with Crippen LogP contribution in [-0.2, 0) is 0 Å². The van der Waals surface area contributed by atoms with Gasteiger partial charge in [0, 0.05) is 18.7 Å². The van der Waals surface area contributed by atoms with E-state index in [1.165, 1.54) is 25.9 Å². The Kier molecular flexibility index (Phi) is 2.92. The topological polar surface area (TPSA) is 105 Å². The summed E-state index contributed by atoms with van der Waals surface area (Å²) < 4.78 is 0. The van der Waals surface area contributed by atoms with Crippen LogP contribution >= 0.6 is 0 Å². The summed E-state index contributed by atoms with van der Waals surface area (Å²) in [7, 11) is 0. The van der Waals surface area contributed by atoms with Gasteiger partial charge in [-0.2, -0.15) is 9.97 Å². The number of nitrogens with one attached hydrogen (secondary N) is 2. The second-order valence-corrected chi connectivity index (χ2v) is 5.03. The van der Waals surface area contributed by atoms with Crippen molar-refractivity contribution in [2.75, 3.05) is 36.1 Å². The van der Waals surface area contributed by atoms with E-state index in [2.05, 4.69) is 25.6 Å². The molecule has 0 amide bonds. The van der Waals surface area contributed by atoms with Gasteiger partial charge in [-0.15, -0.1) is 0 Å². The van der Waals surface area contributed by atoms with E-state index in [1.54, 1.807) is 6.07 Å². The van der Waals surface area contributed by atoms with Crippen LogP contribution in [0.15, 0.2) is 6.07 Å². The molecule has 18 heavy (non-hydrogen) atoms. The summed E-state index contributed by atoms with van der Waals surface area (Å²) in [4.78, 5) is 10.7. The first kappa shape index (κ1) is 11.5. The van der Waals surface area contributed by atoms with Gasteiger partial charge < -0.3 is 21.4 Å². The summed E-state index contributed by atoms with van der Waals surface area (Å²) in [5.41, 5.74) is 8.15. The lowest BCUT2D eigenvalue weighted by molar-refractivity contribution is 0.0974. The van der Waals surface area contributed by atoms with Crippen LogP contribution in [-0.4, -0.2) is 40.5 Å². The molecular formula is C11H19N7. The van der Waals surface area contributed by atoms with Crippen LogP contribution in [0.1, 0.15) is 12.8 Å². The minimum absolute atomic E-state index is 0.231. The maximum atomic E-state index is 5.65. The smallest absolute Gasteiger partial charge is 0.223 e. The lowest BCUT2D eigenvalue weighted by atomic mass is 9.84. The van der Waals surface area contributed by atoms with Gasteiger partial charge in [0.1, 0.15) is 11.6 Å². The second-order valence-electron chi connectivity index (χ2n) is 5.03. The third-order valence-electron chi connectivity index (χ3n) is 3.88. The van der Waals surface area contributed by atoms with E-state index in [9.17, 15) is 0 Å². The molecule has 1 atom stereocenters. The minimum atomic E-state index is 0.231. The lowest BCUT2D eigenvalue weighted by Gasteiger charge is -2.45. The molecule has 6 N–H and O–H groups in total. The van der Waals surface area contributed by atoms with Crippen LogP contribution in [0.4, 0.5) is 17.6 Å². The molecule has 0 radical (unpaired) electrons. The van der Waals surface area contributed by atoms with Gasteiger partial charge >= 0.3 is 0 Å². The number of nitrogens with two attached hydrogens (primary N) is 2. The maximum absolute atomic E-state index is 5.65. The molecule has 3 aliphatic heterocycles. The molecular weight excluding hydrogens is 230 g/mol. The van der Waals surface area contributed by atoms with E-state index in [1.807, 2.05) is 0 Å². The first-order chi connectivity index (χ1) is 8.74. The average Bonchev–Trinajstić information content (AvgIpc) is 2.39. The Morgan fingerprint density at radius 1 is 1.22 bits per heavy atom. The molecule has 3 fully saturated rings. The van der Waals surface area contributed by atoms with Gasteiger partial charge in [-0.3, -0.25) is 0 Å². The van der Waals surface area contributed by atoms with Crippen molar-refractivity contribution in [3.05, 3.63) is 6.07 Å². The first-order valence-electron chi connectivity index (χ1n) is 6.34. The highest BCUT2D eigenvalue weighted by Crippen LogP contribution is 2.29. The molecule has 4 rings (SSSR count). The van der Waals surface area contributed by atoms with E-state index in [0.717, 1.165) is 18.3 Å². The number of piperidine rings is 3. The third kappa shape index (κ3) is 2.19. The molecule has 2 bridgehead atoms. The summed E-state index contributed by atoms with van der Waals surface area (Å²) in [5.74, 6) is 7.59. The number of hydrogen-bond donors (Lipinski definition) is 4. The van der Waals surface area contributed by atoms with Crippen molar-refractivity contribution in [3.8, 4) is 0 Å². The number of rotatable bonds is 3. The van der Waals surface area contributed by atoms with E-state index in [4.69, 9.17) is 11.6 Å². The highest BCUT2D eigenvalue weighted by Gasteiger charge is 2.34. The maximum Gasteiger partial charge on any atom is 0.223 e. The SMILES string of the molecule is NNc1cc(NC2CN3CCC2CC3)nc(N)n1. The number of nitrogens with zero attached hydrogens (tertiary/aromatic N) is 3. The predicted molar refractivity (Wildman–Crippen MR) is 70.8 cm³/mol. The van der Waals surface area contributed by atoms with Crippen LogP contribution in [0.3, 0.4) is 0 Å². The molecule has 7 heteroatoms. The van der Waals surface area contributed by atoms with Crippen LogP contribution in [0.25, 0.3) is 0 Å². The fraction of sp³-hybridized carbons (Fsp3) is 0.636. The Morgan fingerprint density at radius 3 is 2.56 bits per heavy atom. The number of anilines is 3. The highest BCUT2D eigenvalue weighted by molar-refractivity contribution is 5.51. The Morgan fingerprint density at radius 2 is 1.94 bits per heavy atom. The summed E-state index contributed by atoms with van der Waals surface area (Å²) in [6.45, 7) is 3.54. The number of hydrogen-bond acceptors (Lipinski definition) is 7.